The molecule has 0 nitrogen and oxygen atoms in total. The first-order chi connectivity index (χ1) is 6.68. The molecule has 0 heteroatoms. The first kappa shape index (κ1) is 23.5. The molecule has 14 heavy (non-hydrogen) atoms. The largest absolute Gasteiger partial charge is 0.106 e. The molecule has 0 bridgehead atoms. The molecule has 0 N–H and O–H groups in total. The number of hydrogen-bond acceptors (Lipinski definition) is 0. The van der Waals surface area contributed by atoms with Crippen LogP contribution in [0.25, 0.3) is 0 Å². The summed E-state index contributed by atoms with van der Waals surface area (Å²) in [6.07, 6.45) is 5.40. The van der Waals surface area contributed by atoms with Gasteiger partial charge >= 0.3 is 0 Å². The van der Waals surface area contributed by atoms with E-state index in [9.17, 15) is 0 Å². The van der Waals surface area contributed by atoms with Crippen LogP contribution in [0, 0.1) is 5.92 Å². The lowest BCUT2D eigenvalue weighted by atomic mass is 10.1. The quantitative estimate of drug-likeness (QED) is 0.487. The van der Waals surface area contributed by atoms with Crippen LogP contribution in [0.1, 0.15) is 74.1 Å². The minimum absolute atomic E-state index is 0.903. The van der Waals surface area contributed by atoms with Gasteiger partial charge in [-0.1, -0.05) is 74.1 Å². The lowest BCUT2D eigenvalue weighted by molar-refractivity contribution is 0.550. The maximum absolute atomic E-state index is 3.00. The van der Waals surface area contributed by atoms with E-state index in [-0.39, 0.29) is 0 Å². The SMILES string of the molecule is C=C.CC.CCC.CCCCC(C)C. The fourth-order valence-electron chi connectivity index (χ4n) is 0.612. The van der Waals surface area contributed by atoms with Crippen molar-refractivity contribution in [2.24, 2.45) is 5.92 Å². The normalized spacial score (nSPS) is 7.14. The second kappa shape index (κ2) is 38.7. The zero-order valence-corrected chi connectivity index (χ0v) is 11.8. The van der Waals surface area contributed by atoms with E-state index in [1.165, 1.54) is 25.7 Å². The Kier molecular flexibility index (Phi) is 64.9. The molecule has 0 aliphatic carbocycles. The highest BCUT2D eigenvalue weighted by Gasteiger charge is 1.88. The molecule has 0 rings (SSSR count). The van der Waals surface area contributed by atoms with Crippen molar-refractivity contribution in [1.82, 2.24) is 0 Å². The summed E-state index contributed by atoms with van der Waals surface area (Å²) in [4.78, 5) is 0. The van der Waals surface area contributed by atoms with Gasteiger partial charge in [0.05, 0.1) is 0 Å². The average Bonchev–Trinajstić information content (AvgIpc) is 2.22. The predicted molar refractivity (Wildman–Crippen MR) is 72.9 cm³/mol. The molecule has 0 aromatic rings. The van der Waals surface area contributed by atoms with E-state index in [0.29, 0.717) is 0 Å². The highest BCUT2D eigenvalue weighted by Crippen LogP contribution is 2.04. The van der Waals surface area contributed by atoms with Crippen LogP contribution in [0.15, 0.2) is 13.2 Å². The van der Waals surface area contributed by atoms with Gasteiger partial charge in [-0.25, -0.2) is 0 Å². The Labute approximate surface area is 93.8 Å². The molecular formula is C14H34. The highest BCUT2D eigenvalue weighted by molar-refractivity contribution is 4.42. The summed E-state index contributed by atoms with van der Waals surface area (Å²) in [5, 5.41) is 0. The first-order valence-corrected chi connectivity index (χ1v) is 6.18. The van der Waals surface area contributed by atoms with Crippen molar-refractivity contribution in [1.29, 1.82) is 0 Å². The predicted octanol–water partition coefficient (Wildman–Crippen LogP) is 6.08. The van der Waals surface area contributed by atoms with Crippen molar-refractivity contribution in [2.75, 3.05) is 0 Å². The van der Waals surface area contributed by atoms with Crippen LogP contribution in [0.5, 0.6) is 0 Å². The molecule has 0 fully saturated rings. The molecule has 0 aromatic carbocycles. The van der Waals surface area contributed by atoms with Gasteiger partial charge in [0.1, 0.15) is 0 Å². The molecule has 0 unspecified atom stereocenters. The molecule has 90 valence electrons. The van der Waals surface area contributed by atoms with E-state index in [1.54, 1.807) is 0 Å². The van der Waals surface area contributed by atoms with Crippen molar-refractivity contribution in [2.45, 2.75) is 74.1 Å². The summed E-state index contributed by atoms with van der Waals surface area (Å²) in [5.74, 6) is 0.903. The fourth-order valence-corrected chi connectivity index (χ4v) is 0.612. The van der Waals surface area contributed by atoms with Crippen molar-refractivity contribution in [3.8, 4) is 0 Å². The molecular weight excluding hydrogens is 168 g/mol. The van der Waals surface area contributed by atoms with Crippen LogP contribution in [0.4, 0.5) is 0 Å². The Hall–Kier alpha value is -0.260. The monoisotopic (exact) mass is 202 g/mol. The molecule has 0 aliphatic rings. The summed E-state index contributed by atoms with van der Waals surface area (Å²) in [6, 6.07) is 0. The minimum atomic E-state index is 0.903. The standard InChI is InChI=1S/C7H16.C3H8.C2H6.C2H4/c1-4-5-6-7(2)3;1-3-2;2*1-2/h7H,4-6H2,1-3H3;3H2,1-2H3;1-2H3;1-2H2. The van der Waals surface area contributed by atoms with Gasteiger partial charge in [0.15, 0.2) is 0 Å². The number of hydrogen-bond donors (Lipinski definition) is 0. The third-order valence-corrected chi connectivity index (χ3v) is 1.14. The van der Waals surface area contributed by atoms with E-state index >= 15 is 0 Å². The molecule has 0 heterocycles. The summed E-state index contributed by atoms with van der Waals surface area (Å²) in [6.45, 7) is 21.0. The van der Waals surface area contributed by atoms with Gasteiger partial charge in [0, 0.05) is 0 Å². The Balaban J connectivity index is -0.0000000603. The third kappa shape index (κ3) is 96.8. The van der Waals surface area contributed by atoms with E-state index in [4.69, 9.17) is 0 Å². The minimum Gasteiger partial charge on any atom is -0.106 e. The number of unbranched alkanes of at least 4 members (excludes halogenated alkanes) is 1. The lowest BCUT2D eigenvalue weighted by Gasteiger charge is -1.98. The van der Waals surface area contributed by atoms with Crippen molar-refractivity contribution in [3.05, 3.63) is 13.2 Å². The molecule has 0 saturated heterocycles. The van der Waals surface area contributed by atoms with Crippen molar-refractivity contribution >= 4 is 0 Å². The topological polar surface area (TPSA) is 0 Å². The number of rotatable bonds is 3. The van der Waals surface area contributed by atoms with Crippen LogP contribution < -0.4 is 0 Å². The van der Waals surface area contributed by atoms with Gasteiger partial charge in [0.2, 0.25) is 0 Å². The second-order valence-electron chi connectivity index (χ2n) is 3.24. The zero-order valence-electron chi connectivity index (χ0n) is 11.8. The molecule has 0 atom stereocenters. The summed E-state index contributed by atoms with van der Waals surface area (Å²) in [5.41, 5.74) is 0. The molecule has 0 aliphatic heterocycles. The summed E-state index contributed by atoms with van der Waals surface area (Å²) < 4.78 is 0. The Morgan fingerprint density at radius 1 is 0.929 bits per heavy atom. The maximum atomic E-state index is 3.00. The van der Waals surface area contributed by atoms with Crippen LogP contribution >= 0.6 is 0 Å². The summed E-state index contributed by atoms with van der Waals surface area (Å²) in [7, 11) is 0. The van der Waals surface area contributed by atoms with Crippen molar-refractivity contribution < 1.29 is 0 Å². The summed E-state index contributed by atoms with van der Waals surface area (Å²) >= 11 is 0. The van der Waals surface area contributed by atoms with Crippen molar-refractivity contribution in [3.63, 3.8) is 0 Å². The zero-order chi connectivity index (χ0) is 12.4. The second-order valence-corrected chi connectivity index (χ2v) is 3.24. The third-order valence-electron chi connectivity index (χ3n) is 1.14. The Morgan fingerprint density at radius 3 is 1.29 bits per heavy atom. The molecule has 0 amide bonds. The lowest BCUT2D eigenvalue weighted by Crippen LogP contribution is -1.83. The van der Waals surface area contributed by atoms with E-state index in [2.05, 4.69) is 47.8 Å². The van der Waals surface area contributed by atoms with E-state index in [0.717, 1.165) is 5.92 Å². The fraction of sp³-hybridized carbons (Fsp3) is 0.857. The maximum Gasteiger partial charge on any atom is -0.0471 e. The van der Waals surface area contributed by atoms with Gasteiger partial charge in [0.25, 0.3) is 0 Å². The molecule has 0 spiro atoms. The van der Waals surface area contributed by atoms with Crippen LogP contribution in [-0.4, -0.2) is 0 Å². The van der Waals surface area contributed by atoms with Crippen LogP contribution in [0.2, 0.25) is 0 Å². The van der Waals surface area contributed by atoms with Gasteiger partial charge in [-0.3, -0.25) is 0 Å². The first-order valence-electron chi connectivity index (χ1n) is 6.18. The van der Waals surface area contributed by atoms with E-state index < -0.39 is 0 Å². The van der Waals surface area contributed by atoms with E-state index in [1.807, 2.05) is 13.8 Å². The van der Waals surface area contributed by atoms with Gasteiger partial charge in [-0.15, -0.1) is 13.2 Å². The van der Waals surface area contributed by atoms with Crippen LogP contribution in [0.3, 0.4) is 0 Å². The molecule has 0 radical (unpaired) electrons. The van der Waals surface area contributed by atoms with Crippen LogP contribution in [-0.2, 0) is 0 Å². The Morgan fingerprint density at radius 2 is 1.21 bits per heavy atom. The average molecular weight is 202 g/mol. The smallest absolute Gasteiger partial charge is 0.0471 e. The van der Waals surface area contributed by atoms with Gasteiger partial charge in [-0.05, 0) is 5.92 Å². The van der Waals surface area contributed by atoms with Gasteiger partial charge in [-0.2, -0.15) is 0 Å². The Bertz CT molecular complexity index is 46.0. The highest BCUT2D eigenvalue weighted by atomic mass is 13.9. The van der Waals surface area contributed by atoms with Gasteiger partial charge < -0.3 is 0 Å². The molecule has 0 saturated carbocycles. The molecule has 0 aromatic heterocycles.